The van der Waals surface area contributed by atoms with Crippen LogP contribution in [0, 0.1) is 18.7 Å². The van der Waals surface area contributed by atoms with Crippen molar-refractivity contribution >= 4 is 15.9 Å². The fourth-order valence-electron chi connectivity index (χ4n) is 2.33. The lowest BCUT2D eigenvalue weighted by atomic mass is 9.90. The van der Waals surface area contributed by atoms with E-state index in [2.05, 4.69) is 28.2 Å². The van der Waals surface area contributed by atoms with E-state index in [0.29, 0.717) is 10.4 Å². The fourth-order valence-corrected chi connectivity index (χ4v) is 2.93. The Morgan fingerprint density at radius 3 is 3.00 bits per heavy atom. The minimum Gasteiger partial charge on any atom is -0.316 e. The van der Waals surface area contributed by atoms with Gasteiger partial charge in [0.2, 0.25) is 0 Å². The first kappa shape index (κ1) is 12.1. The third-order valence-corrected chi connectivity index (χ3v) is 4.18. The fraction of sp³-hybridized carbons (Fsp3) is 0.538. The first-order valence-electron chi connectivity index (χ1n) is 5.82. The van der Waals surface area contributed by atoms with E-state index in [0.717, 1.165) is 25.1 Å². The predicted octanol–water partition coefficient (Wildman–Crippen LogP) is 3.44. The highest BCUT2D eigenvalue weighted by molar-refractivity contribution is 9.10. The average Bonchev–Trinajstić information content (AvgIpc) is 2.31. The molecule has 1 unspecified atom stereocenters. The van der Waals surface area contributed by atoms with Gasteiger partial charge in [0.05, 0.1) is 4.47 Å². The molecule has 88 valence electrons. The van der Waals surface area contributed by atoms with Crippen LogP contribution in [-0.2, 0) is 6.42 Å². The standard InChI is InChI=1S/C13H17BrFN/c1-9-4-5-12(15)13(14)11(9)7-10-3-2-6-16-8-10/h4-5,10,16H,2-3,6-8H2,1H3. The van der Waals surface area contributed by atoms with Crippen molar-refractivity contribution in [2.75, 3.05) is 13.1 Å². The SMILES string of the molecule is Cc1ccc(F)c(Br)c1CC1CCCNC1. The number of benzene rings is 1. The molecule has 1 aliphatic heterocycles. The van der Waals surface area contributed by atoms with Crippen LogP contribution in [-0.4, -0.2) is 13.1 Å². The summed E-state index contributed by atoms with van der Waals surface area (Å²) in [5.74, 6) is 0.495. The highest BCUT2D eigenvalue weighted by Crippen LogP contribution is 2.28. The van der Waals surface area contributed by atoms with Gasteiger partial charge in [-0.3, -0.25) is 0 Å². The molecule has 0 radical (unpaired) electrons. The van der Waals surface area contributed by atoms with Gasteiger partial charge in [0.15, 0.2) is 0 Å². The van der Waals surface area contributed by atoms with E-state index in [1.807, 2.05) is 6.07 Å². The predicted molar refractivity (Wildman–Crippen MR) is 68.1 cm³/mol. The van der Waals surface area contributed by atoms with Crippen LogP contribution in [0.3, 0.4) is 0 Å². The molecule has 0 aromatic heterocycles. The third-order valence-electron chi connectivity index (χ3n) is 3.32. The van der Waals surface area contributed by atoms with Gasteiger partial charge >= 0.3 is 0 Å². The lowest BCUT2D eigenvalue weighted by Crippen LogP contribution is -2.31. The van der Waals surface area contributed by atoms with E-state index < -0.39 is 0 Å². The summed E-state index contributed by atoms with van der Waals surface area (Å²) in [6, 6.07) is 3.40. The first-order valence-corrected chi connectivity index (χ1v) is 6.62. The minimum atomic E-state index is -0.149. The van der Waals surface area contributed by atoms with Crippen molar-refractivity contribution in [3.05, 3.63) is 33.5 Å². The molecule has 1 aromatic carbocycles. The first-order chi connectivity index (χ1) is 7.68. The minimum absolute atomic E-state index is 0.149. The molecule has 0 amide bonds. The Hall–Kier alpha value is -0.410. The number of rotatable bonds is 2. The van der Waals surface area contributed by atoms with Crippen molar-refractivity contribution in [3.63, 3.8) is 0 Å². The Balaban J connectivity index is 2.16. The summed E-state index contributed by atoms with van der Waals surface area (Å²) in [5.41, 5.74) is 2.31. The molecular formula is C13H17BrFN. The molecule has 16 heavy (non-hydrogen) atoms. The normalized spacial score (nSPS) is 21.1. The average molecular weight is 286 g/mol. The van der Waals surface area contributed by atoms with Gasteiger partial charge in [0.25, 0.3) is 0 Å². The lowest BCUT2D eigenvalue weighted by molar-refractivity contribution is 0.375. The number of halogens is 2. The monoisotopic (exact) mass is 285 g/mol. The second-order valence-corrected chi connectivity index (χ2v) is 5.37. The summed E-state index contributed by atoms with van der Waals surface area (Å²) in [7, 11) is 0. The van der Waals surface area contributed by atoms with Crippen molar-refractivity contribution in [2.45, 2.75) is 26.2 Å². The Morgan fingerprint density at radius 2 is 2.31 bits per heavy atom. The van der Waals surface area contributed by atoms with Crippen LogP contribution < -0.4 is 5.32 Å². The Labute approximate surface area is 105 Å². The second-order valence-electron chi connectivity index (χ2n) is 4.57. The van der Waals surface area contributed by atoms with Gasteiger partial charge < -0.3 is 5.32 Å². The highest BCUT2D eigenvalue weighted by Gasteiger charge is 2.17. The van der Waals surface area contributed by atoms with Gasteiger partial charge in [-0.25, -0.2) is 4.39 Å². The summed E-state index contributed by atoms with van der Waals surface area (Å²) in [6.07, 6.45) is 3.45. The van der Waals surface area contributed by atoms with Crippen LogP contribution in [0.25, 0.3) is 0 Å². The molecule has 1 saturated heterocycles. The quantitative estimate of drug-likeness (QED) is 0.878. The van der Waals surface area contributed by atoms with Gasteiger partial charge in [-0.1, -0.05) is 6.07 Å². The summed E-state index contributed by atoms with van der Waals surface area (Å²) in [5, 5.41) is 3.40. The van der Waals surface area contributed by atoms with Gasteiger partial charge in [0.1, 0.15) is 5.82 Å². The largest absolute Gasteiger partial charge is 0.316 e. The van der Waals surface area contributed by atoms with E-state index in [9.17, 15) is 4.39 Å². The molecule has 1 nitrogen and oxygen atoms in total. The number of hydrogen-bond donors (Lipinski definition) is 1. The molecule has 0 saturated carbocycles. The lowest BCUT2D eigenvalue weighted by Gasteiger charge is -2.24. The van der Waals surface area contributed by atoms with Gasteiger partial charge in [0, 0.05) is 0 Å². The van der Waals surface area contributed by atoms with E-state index in [4.69, 9.17) is 0 Å². The van der Waals surface area contributed by atoms with Crippen molar-refractivity contribution in [1.29, 1.82) is 0 Å². The van der Waals surface area contributed by atoms with Crippen LogP contribution in [0.1, 0.15) is 24.0 Å². The second kappa shape index (κ2) is 5.28. The molecule has 3 heteroatoms. The van der Waals surface area contributed by atoms with Gasteiger partial charge in [-0.05, 0) is 78.3 Å². The molecule has 0 spiro atoms. The van der Waals surface area contributed by atoms with Crippen molar-refractivity contribution in [3.8, 4) is 0 Å². The van der Waals surface area contributed by atoms with Crippen LogP contribution in [0.2, 0.25) is 0 Å². The van der Waals surface area contributed by atoms with Crippen LogP contribution in [0.4, 0.5) is 4.39 Å². The van der Waals surface area contributed by atoms with E-state index in [1.54, 1.807) is 0 Å². The number of hydrogen-bond acceptors (Lipinski definition) is 1. The topological polar surface area (TPSA) is 12.0 Å². The van der Waals surface area contributed by atoms with Gasteiger partial charge in [-0.2, -0.15) is 0 Å². The Bertz CT molecular complexity index is 372. The van der Waals surface area contributed by atoms with Crippen molar-refractivity contribution < 1.29 is 4.39 Å². The third kappa shape index (κ3) is 2.64. The van der Waals surface area contributed by atoms with Crippen molar-refractivity contribution in [1.82, 2.24) is 5.32 Å². The van der Waals surface area contributed by atoms with Crippen LogP contribution >= 0.6 is 15.9 Å². The molecule has 1 atom stereocenters. The molecule has 2 rings (SSSR count). The number of piperidine rings is 1. The zero-order valence-corrected chi connectivity index (χ0v) is 11.1. The van der Waals surface area contributed by atoms with Crippen LogP contribution in [0.15, 0.2) is 16.6 Å². The summed E-state index contributed by atoms with van der Waals surface area (Å²) >= 11 is 3.36. The van der Waals surface area contributed by atoms with Crippen molar-refractivity contribution in [2.24, 2.45) is 5.92 Å². The van der Waals surface area contributed by atoms with E-state index in [-0.39, 0.29) is 5.82 Å². The maximum atomic E-state index is 13.5. The van der Waals surface area contributed by atoms with Crippen LogP contribution in [0.5, 0.6) is 0 Å². The van der Waals surface area contributed by atoms with E-state index in [1.165, 1.54) is 24.5 Å². The molecule has 1 heterocycles. The maximum absolute atomic E-state index is 13.5. The Morgan fingerprint density at radius 1 is 1.50 bits per heavy atom. The van der Waals surface area contributed by atoms with E-state index >= 15 is 0 Å². The maximum Gasteiger partial charge on any atom is 0.137 e. The number of aryl methyl sites for hydroxylation is 1. The molecule has 0 bridgehead atoms. The highest BCUT2D eigenvalue weighted by atomic mass is 79.9. The molecule has 1 aliphatic rings. The molecule has 1 aromatic rings. The van der Waals surface area contributed by atoms with Gasteiger partial charge in [-0.15, -0.1) is 0 Å². The zero-order chi connectivity index (χ0) is 11.5. The molecule has 1 N–H and O–H groups in total. The Kier molecular flexibility index (Phi) is 3.98. The summed E-state index contributed by atoms with van der Waals surface area (Å²) < 4.78 is 14.1. The zero-order valence-electron chi connectivity index (χ0n) is 9.52. The number of nitrogens with one attached hydrogen (secondary N) is 1. The molecule has 0 aliphatic carbocycles. The summed E-state index contributed by atoms with van der Waals surface area (Å²) in [6.45, 7) is 4.23. The molecule has 1 fully saturated rings. The smallest absolute Gasteiger partial charge is 0.137 e. The summed E-state index contributed by atoms with van der Waals surface area (Å²) in [4.78, 5) is 0. The molecular weight excluding hydrogens is 269 g/mol.